The van der Waals surface area contributed by atoms with Gasteiger partial charge in [-0.05, 0) is 38.3 Å². The first-order chi connectivity index (χ1) is 9.97. The van der Waals surface area contributed by atoms with Gasteiger partial charge in [-0.3, -0.25) is 14.9 Å². The van der Waals surface area contributed by atoms with Gasteiger partial charge in [-0.15, -0.1) is 12.4 Å². The van der Waals surface area contributed by atoms with Crippen LogP contribution >= 0.6 is 12.4 Å². The number of nitro benzene ring substituents is 1. The van der Waals surface area contributed by atoms with Gasteiger partial charge in [0.25, 0.3) is 11.6 Å². The number of hydrogen-bond acceptors (Lipinski definition) is 5. The monoisotopic (exact) mass is 328 g/mol. The lowest BCUT2D eigenvalue weighted by Gasteiger charge is -2.09. The van der Waals surface area contributed by atoms with Crippen LogP contribution in [0.3, 0.4) is 0 Å². The van der Waals surface area contributed by atoms with Gasteiger partial charge in [0.05, 0.1) is 4.92 Å². The number of rotatable bonds is 7. The average Bonchev–Trinajstić information content (AvgIpc) is 3.22. The molecule has 0 radical (unpaired) electrons. The van der Waals surface area contributed by atoms with Gasteiger partial charge < -0.3 is 16.4 Å². The van der Waals surface area contributed by atoms with Crippen molar-refractivity contribution in [1.82, 2.24) is 5.32 Å². The Bertz CT molecular complexity index is 547. The van der Waals surface area contributed by atoms with E-state index >= 15 is 0 Å². The molecule has 0 saturated heterocycles. The number of carbonyl (C=O) groups is 1. The normalized spacial score (nSPS) is 14.6. The maximum atomic E-state index is 12.0. The first-order valence-corrected chi connectivity index (χ1v) is 7.06. The minimum atomic E-state index is -0.469. The maximum Gasteiger partial charge on any atom is 0.293 e. The zero-order valence-corrected chi connectivity index (χ0v) is 13.2. The quantitative estimate of drug-likeness (QED) is 0.524. The number of anilines is 1. The molecule has 1 aliphatic rings. The summed E-state index contributed by atoms with van der Waals surface area (Å²) in [6.07, 6.45) is 2.71. The topological polar surface area (TPSA) is 110 Å². The number of amides is 1. The smallest absolute Gasteiger partial charge is 0.293 e. The minimum absolute atomic E-state index is 0. The third kappa shape index (κ3) is 5.16. The summed E-state index contributed by atoms with van der Waals surface area (Å²) < 4.78 is 0. The highest BCUT2D eigenvalue weighted by molar-refractivity contribution is 5.95. The third-order valence-corrected chi connectivity index (χ3v) is 3.28. The largest absolute Gasteiger partial charge is 0.377 e. The van der Waals surface area contributed by atoms with E-state index in [0.717, 1.165) is 12.8 Å². The Morgan fingerprint density at radius 1 is 1.50 bits per heavy atom. The van der Waals surface area contributed by atoms with E-state index in [-0.39, 0.29) is 35.6 Å². The van der Waals surface area contributed by atoms with Crippen molar-refractivity contribution >= 4 is 29.7 Å². The first kappa shape index (κ1) is 18.2. The fraction of sp³-hybridized carbons (Fsp3) is 0.500. The van der Waals surface area contributed by atoms with Crippen LogP contribution in [-0.4, -0.2) is 29.5 Å². The summed E-state index contributed by atoms with van der Waals surface area (Å²) in [5.41, 5.74) is 6.29. The number of halogens is 1. The molecule has 1 aliphatic carbocycles. The molecule has 1 unspecified atom stereocenters. The van der Waals surface area contributed by atoms with Crippen LogP contribution in [0.15, 0.2) is 18.2 Å². The fourth-order valence-corrected chi connectivity index (χ4v) is 1.91. The minimum Gasteiger partial charge on any atom is -0.377 e. The van der Waals surface area contributed by atoms with Gasteiger partial charge >= 0.3 is 0 Å². The van der Waals surface area contributed by atoms with Crippen LogP contribution in [0.1, 0.15) is 36.5 Å². The van der Waals surface area contributed by atoms with Crippen molar-refractivity contribution in [1.29, 1.82) is 0 Å². The summed E-state index contributed by atoms with van der Waals surface area (Å²) >= 11 is 0. The Morgan fingerprint density at radius 2 is 2.18 bits per heavy atom. The molecular weight excluding hydrogens is 308 g/mol. The molecule has 1 fully saturated rings. The van der Waals surface area contributed by atoms with E-state index in [1.165, 1.54) is 6.07 Å². The molecule has 0 aliphatic heterocycles. The number of nitro groups is 1. The van der Waals surface area contributed by atoms with Gasteiger partial charge in [-0.1, -0.05) is 0 Å². The lowest BCUT2D eigenvalue weighted by Crippen LogP contribution is -2.29. The highest BCUT2D eigenvalue weighted by Gasteiger charge is 2.25. The molecule has 2 rings (SSSR count). The van der Waals surface area contributed by atoms with Gasteiger partial charge in [0.15, 0.2) is 0 Å². The number of hydrogen-bond donors (Lipinski definition) is 3. The number of carbonyl (C=O) groups excluding carboxylic acids is 1. The number of benzene rings is 1. The second-order valence-electron chi connectivity index (χ2n) is 5.43. The lowest BCUT2D eigenvalue weighted by molar-refractivity contribution is -0.384. The van der Waals surface area contributed by atoms with Crippen molar-refractivity contribution in [2.45, 2.75) is 38.3 Å². The summed E-state index contributed by atoms with van der Waals surface area (Å²) in [7, 11) is 0. The highest BCUT2D eigenvalue weighted by Crippen LogP contribution is 2.31. The number of nitrogens with two attached hydrogens (primary N) is 1. The van der Waals surface area contributed by atoms with Gasteiger partial charge in [-0.25, -0.2) is 0 Å². The molecule has 122 valence electrons. The third-order valence-electron chi connectivity index (χ3n) is 3.28. The fourth-order valence-electron chi connectivity index (χ4n) is 1.91. The van der Waals surface area contributed by atoms with Crippen LogP contribution in [-0.2, 0) is 0 Å². The number of nitrogens with zero attached hydrogens (tertiary/aromatic N) is 1. The summed E-state index contributed by atoms with van der Waals surface area (Å²) in [6, 6.07) is 4.82. The Labute approximate surface area is 135 Å². The van der Waals surface area contributed by atoms with E-state index in [4.69, 9.17) is 5.73 Å². The average molecular weight is 329 g/mol. The van der Waals surface area contributed by atoms with Crippen LogP contribution in [0.4, 0.5) is 11.4 Å². The van der Waals surface area contributed by atoms with Crippen LogP contribution < -0.4 is 16.4 Å². The highest BCUT2D eigenvalue weighted by atomic mass is 35.5. The Balaban J connectivity index is 0.00000242. The summed E-state index contributed by atoms with van der Waals surface area (Å²) in [6.45, 7) is 2.31. The van der Waals surface area contributed by atoms with Crippen LogP contribution in [0.2, 0.25) is 0 Å². The SMILES string of the molecule is CC(N)CCNC(=O)c1ccc(NC2CC2)c([N+](=O)[O-])c1.Cl. The molecule has 8 heteroatoms. The summed E-state index contributed by atoms with van der Waals surface area (Å²) in [5, 5.41) is 16.9. The molecule has 0 aromatic heterocycles. The van der Waals surface area contributed by atoms with Gasteiger partial charge in [0, 0.05) is 30.3 Å². The van der Waals surface area contributed by atoms with E-state index in [9.17, 15) is 14.9 Å². The predicted octanol–water partition coefficient (Wildman–Crippen LogP) is 2.06. The number of nitrogens with one attached hydrogen (secondary N) is 2. The van der Waals surface area contributed by atoms with Crippen LogP contribution in [0.5, 0.6) is 0 Å². The van der Waals surface area contributed by atoms with E-state index in [0.29, 0.717) is 24.7 Å². The molecule has 1 aromatic carbocycles. The van der Waals surface area contributed by atoms with E-state index in [1.807, 2.05) is 6.92 Å². The summed E-state index contributed by atoms with van der Waals surface area (Å²) in [5.74, 6) is -0.322. The molecule has 1 aromatic rings. The molecular formula is C14H21ClN4O3. The molecule has 0 heterocycles. The van der Waals surface area contributed by atoms with Gasteiger partial charge in [0.1, 0.15) is 5.69 Å². The Morgan fingerprint density at radius 3 is 2.73 bits per heavy atom. The van der Waals surface area contributed by atoms with E-state index < -0.39 is 4.92 Å². The van der Waals surface area contributed by atoms with Crippen LogP contribution in [0, 0.1) is 10.1 Å². The summed E-state index contributed by atoms with van der Waals surface area (Å²) in [4.78, 5) is 22.6. The van der Waals surface area contributed by atoms with Crippen molar-refractivity contribution in [3.63, 3.8) is 0 Å². The van der Waals surface area contributed by atoms with Gasteiger partial charge in [0.2, 0.25) is 0 Å². The lowest BCUT2D eigenvalue weighted by atomic mass is 10.1. The second kappa shape index (κ2) is 7.95. The molecule has 4 N–H and O–H groups in total. The molecule has 0 spiro atoms. The van der Waals surface area contributed by atoms with Crippen molar-refractivity contribution in [3.05, 3.63) is 33.9 Å². The zero-order chi connectivity index (χ0) is 15.4. The van der Waals surface area contributed by atoms with Crippen molar-refractivity contribution in [2.24, 2.45) is 5.73 Å². The first-order valence-electron chi connectivity index (χ1n) is 7.06. The molecule has 7 nitrogen and oxygen atoms in total. The molecule has 1 amide bonds. The zero-order valence-electron chi connectivity index (χ0n) is 12.4. The maximum absolute atomic E-state index is 12.0. The Hall–Kier alpha value is -1.86. The van der Waals surface area contributed by atoms with Crippen molar-refractivity contribution in [2.75, 3.05) is 11.9 Å². The standard InChI is InChI=1S/C14H20N4O3.ClH/c1-9(15)6-7-16-14(19)10-2-5-12(17-11-3-4-11)13(8-10)18(20)21;/h2,5,8-9,11,17H,3-4,6-7,15H2,1H3,(H,16,19);1H. The van der Waals surface area contributed by atoms with E-state index in [2.05, 4.69) is 10.6 Å². The molecule has 1 atom stereocenters. The van der Waals surface area contributed by atoms with Crippen molar-refractivity contribution < 1.29 is 9.72 Å². The van der Waals surface area contributed by atoms with Crippen molar-refractivity contribution in [3.8, 4) is 0 Å². The van der Waals surface area contributed by atoms with Gasteiger partial charge in [-0.2, -0.15) is 0 Å². The molecule has 22 heavy (non-hydrogen) atoms. The predicted molar refractivity (Wildman–Crippen MR) is 87.6 cm³/mol. The van der Waals surface area contributed by atoms with Crippen LogP contribution in [0.25, 0.3) is 0 Å². The Kier molecular flexibility index (Phi) is 6.58. The van der Waals surface area contributed by atoms with E-state index in [1.54, 1.807) is 12.1 Å². The molecule has 1 saturated carbocycles. The second-order valence-corrected chi connectivity index (χ2v) is 5.43. The molecule has 0 bridgehead atoms.